The highest BCUT2D eigenvalue weighted by Crippen LogP contribution is 2.21. The zero-order valence-corrected chi connectivity index (χ0v) is 13.1. The monoisotopic (exact) mass is 308 g/mol. The van der Waals surface area contributed by atoms with Crippen LogP contribution in [0.25, 0.3) is 0 Å². The lowest BCUT2D eigenvalue weighted by molar-refractivity contribution is 0.853. The molecule has 0 aliphatic carbocycles. The molecule has 1 unspecified atom stereocenters. The van der Waals surface area contributed by atoms with Crippen LogP contribution in [0.2, 0.25) is 5.02 Å². The molecule has 0 spiro atoms. The molecule has 1 aromatic carbocycles. The number of thioether (sulfide) groups is 1. The van der Waals surface area contributed by atoms with Crippen molar-refractivity contribution in [1.82, 2.24) is 9.97 Å². The van der Waals surface area contributed by atoms with Gasteiger partial charge in [-0.15, -0.1) is 0 Å². The van der Waals surface area contributed by atoms with Crippen LogP contribution in [0.5, 0.6) is 0 Å². The minimum absolute atomic E-state index is 0.102. The number of benzene rings is 1. The number of aromatic amines is 1. The summed E-state index contributed by atoms with van der Waals surface area (Å²) in [6.07, 6.45) is 1.67. The number of rotatable bonds is 5. The van der Waals surface area contributed by atoms with Crippen molar-refractivity contribution >= 4 is 23.4 Å². The first-order valence-electron chi connectivity index (χ1n) is 6.58. The number of H-pyrrole nitrogens is 1. The summed E-state index contributed by atoms with van der Waals surface area (Å²) in [6.45, 7) is 4.24. The Bertz CT molecular complexity index is 625. The van der Waals surface area contributed by atoms with Crippen LogP contribution in [0.15, 0.2) is 40.3 Å². The second kappa shape index (κ2) is 6.95. The van der Waals surface area contributed by atoms with Gasteiger partial charge in [0.05, 0.1) is 5.69 Å². The van der Waals surface area contributed by atoms with E-state index in [9.17, 15) is 4.79 Å². The highest BCUT2D eigenvalue weighted by molar-refractivity contribution is 7.99. The quantitative estimate of drug-likeness (QED) is 0.673. The molecule has 0 aliphatic rings. The van der Waals surface area contributed by atoms with E-state index in [4.69, 9.17) is 11.6 Å². The third kappa shape index (κ3) is 4.39. The minimum atomic E-state index is -0.102. The molecule has 0 fully saturated rings. The van der Waals surface area contributed by atoms with Crippen molar-refractivity contribution in [3.63, 3.8) is 0 Å². The number of halogens is 1. The van der Waals surface area contributed by atoms with E-state index in [1.165, 1.54) is 0 Å². The molecule has 106 valence electrons. The van der Waals surface area contributed by atoms with E-state index in [1.807, 2.05) is 24.3 Å². The Hall–Kier alpha value is -1.26. The molecular formula is C15H17ClN2OS. The summed E-state index contributed by atoms with van der Waals surface area (Å²) in [6, 6.07) is 9.15. The molecule has 2 aromatic rings. The van der Waals surface area contributed by atoms with Gasteiger partial charge in [0, 0.05) is 22.8 Å². The molecule has 20 heavy (non-hydrogen) atoms. The van der Waals surface area contributed by atoms with Gasteiger partial charge in [-0.2, -0.15) is 0 Å². The normalized spacial score (nSPS) is 12.3. The first kappa shape index (κ1) is 15.1. The highest BCUT2D eigenvalue weighted by Gasteiger charge is 2.07. The van der Waals surface area contributed by atoms with Crippen molar-refractivity contribution in [3.05, 3.63) is 57.0 Å². The first-order chi connectivity index (χ1) is 9.56. The van der Waals surface area contributed by atoms with Gasteiger partial charge in [-0.05, 0) is 24.1 Å². The van der Waals surface area contributed by atoms with Crippen LogP contribution in [-0.4, -0.2) is 15.2 Å². The second-order valence-corrected chi connectivity index (χ2v) is 6.55. The molecule has 2 rings (SSSR count). The summed E-state index contributed by atoms with van der Waals surface area (Å²) < 4.78 is 0. The summed E-state index contributed by atoms with van der Waals surface area (Å²) in [5, 5.41) is 1.83. The van der Waals surface area contributed by atoms with Gasteiger partial charge in [0.25, 0.3) is 5.56 Å². The fourth-order valence-electron chi connectivity index (χ4n) is 1.72. The zero-order valence-electron chi connectivity index (χ0n) is 11.5. The lowest BCUT2D eigenvalue weighted by Gasteiger charge is -2.08. The van der Waals surface area contributed by atoms with Gasteiger partial charge in [0.15, 0.2) is 5.16 Å². The van der Waals surface area contributed by atoms with E-state index in [0.29, 0.717) is 21.8 Å². The lowest BCUT2D eigenvalue weighted by Crippen LogP contribution is -2.11. The van der Waals surface area contributed by atoms with E-state index in [-0.39, 0.29) is 5.56 Å². The number of aromatic nitrogens is 2. The van der Waals surface area contributed by atoms with Gasteiger partial charge in [0.2, 0.25) is 0 Å². The fourth-order valence-corrected chi connectivity index (χ4v) is 2.72. The molecule has 3 nitrogen and oxygen atoms in total. The van der Waals surface area contributed by atoms with Crippen molar-refractivity contribution in [2.75, 3.05) is 0 Å². The van der Waals surface area contributed by atoms with Crippen LogP contribution in [0.3, 0.4) is 0 Å². The summed E-state index contributed by atoms with van der Waals surface area (Å²) in [4.78, 5) is 19.0. The molecule has 0 saturated carbocycles. The number of nitrogens with one attached hydrogen (secondary N) is 1. The van der Waals surface area contributed by atoms with Crippen LogP contribution >= 0.6 is 23.4 Å². The molecule has 0 saturated heterocycles. The lowest BCUT2D eigenvalue weighted by atomic mass is 10.1. The largest absolute Gasteiger partial charge is 0.301 e. The predicted octanol–water partition coefficient (Wildman–Crippen LogP) is 3.90. The van der Waals surface area contributed by atoms with Gasteiger partial charge in [-0.3, -0.25) is 4.79 Å². The van der Waals surface area contributed by atoms with E-state index in [1.54, 1.807) is 17.8 Å². The Morgan fingerprint density at radius 1 is 1.35 bits per heavy atom. The van der Waals surface area contributed by atoms with Crippen molar-refractivity contribution in [3.8, 4) is 0 Å². The number of nitrogens with zero attached hydrogens (tertiary/aromatic N) is 1. The smallest absolute Gasteiger partial charge is 0.251 e. The van der Waals surface area contributed by atoms with Crippen molar-refractivity contribution in [1.29, 1.82) is 0 Å². The van der Waals surface area contributed by atoms with Crippen LogP contribution in [0.1, 0.15) is 31.5 Å². The highest BCUT2D eigenvalue weighted by atomic mass is 35.5. The maximum atomic E-state index is 11.7. The number of hydrogen-bond acceptors (Lipinski definition) is 3. The molecule has 0 bridgehead atoms. The third-order valence-corrected chi connectivity index (χ3v) is 4.36. The topological polar surface area (TPSA) is 45.8 Å². The summed E-state index contributed by atoms with van der Waals surface area (Å²) in [7, 11) is 0. The molecule has 0 aliphatic heterocycles. The maximum Gasteiger partial charge on any atom is 0.251 e. The average molecular weight is 309 g/mol. The van der Waals surface area contributed by atoms with Gasteiger partial charge in [-0.1, -0.05) is 49.3 Å². The van der Waals surface area contributed by atoms with E-state index in [2.05, 4.69) is 23.8 Å². The molecule has 0 radical (unpaired) electrons. The Kier molecular flexibility index (Phi) is 5.26. The average Bonchev–Trinajstić information content (AvgIpc) is 2.40. The molecule has 5 heteroatoms. The Morgan fingerprint density at radius 2 is 2.05 bits per heavy atom. The van der Waals surface area contributed by atoms with E-state index >= 15 is 0 Å². The van der Waals surface area contributed by atoms with Crippen LogP contribution in [0.4, 0.5) is 0 Å². The van der Waals surface area contributed by atoms with Crippen LogP contribution in [-0.2, 0) is 6.42 Å². The Morgan fingerprint density at radius 3 is 2.70 bits per heavy atom. The minimum Gasteiger partial charge on any atom is -0.301 e. The van der Waals surface area contributed by atoms with Gasteiger partial charge >= 0.3 is 0 Å². The second-order valence-electron chi connectivity index (χ2n) is 4.68. The van der Waals surface area contributed by atoms with Gasteiger partial charge < -0.3 is 4.98 Å². The maximum absolute atomic E-state index is 11.7. The standard InChI is InChI=1S/C15H17ClN2OS/c1-3-10(2)20-15-17-13(9-14(19)18-15)8-11-4-6-12(16)7-5-11/h4-7,9-10H,3,8H2,1-2H3,(H,17,18,19). The van der Waals surface area contributed by atoms with Gasteiger partial charge in [0.1, 0.15) is 0 Å². The summed E-state index contributed by atoms with van der Waals surface area (Å²) in [5.41, 5.74) is 1.77. The molecule has 1 aromatic heterocycles. The van der Waals surface area contributed by atoms with Crippen molar-refractivity contribution in [2.45, 2.75) is 37.1 Å². The third-order valence-electron chi connectivity index (χ3n) is 2.96. The fraction of sp³-hybridized carbons (Fsp3) is 0.333. The SMILES string of the molecule is CCC(C)Sc1nc(Cc2ccc(Cl)cc2)cc(=O)[nH]1. The number of hydrogen-bond donors (Lipinski definition) is 1. The predicted molar refractivity (Wildman–Crippen MR) is 84.7 cm³/mol. The van der Waals surface area contributed by atoms with Gasteiger partial charge in [-0.25, -0.2) is 4.98 Å². The summed E-state index contributed by atoms with van der Waals surface area (Å²) >= 11 is 7.46. The zero-order chi connectivity index (χ0) is 14.5. The molecule has 0 amide bonds. The molecule has 1 N–H and O–H groups in total. The van der Waals surface area contributed by atoms with Crippen molar-refractivity contribution < 1.29 is 0 Å². The van der Waals surface area contributed by atoms with E-state index < -0.39 is 0 Å². The Labute approximate surface area is 127 Å². The van der Waals surface area contributed by atoms with Crippen molar-refractivity contribution in [2.24, 2.45) is 0 Å². The molecular weight excluding hydrogens is 292 g/mol. The van der Waals surface area contributed by atoms with Crippen LogP contribution < -0.4 is 5.56 Å². The van der Waals surface area contributed by atoms with E-state index in [0.717, 1.165) is 17.7 Å². The molecule has 1 atom stereocenters. The molecule has 1 heterocycles. The Balaban J connectivity index is 2.19. The summed E-state index contributed by atoms with van der Waals surface area (Å²) in [5.74, 6) is 0. The first-order valence-corrected chi connectivity index (χ1v) is 7.84. The van der Waals surface area contributed by atoms with Crippen LogP contribution in [0, 0.1) is 0 Å².